The van der Waals surface area contributed by atoms with E-state index in [1.807, 2.05) is 19.1 Å². The molecule has 0 bridgehead atoms. The predicted octanol–water partition coefficient (Wildman–Crippen LogP) is 6.79. The van der Waals surface area contributed by atoms with E-state index in [1.54, 1.807) is 12.1 Å². The lowest BCUT2D eigenvalue weighted by atomic mass is 10.1. The quantitative estimate of drug-likeness (QED) is 0.403. The molecule has 3 aromatic carbocycles. The van der Waals surface area contributed by atoms with Gasteiger partial charge in [-0.1, -0.05) is 24.3 Å². The molecule has 0 aliphatic rings. The second-order valence-electron chi connectivity index (χ2n) is 6.92. The van der Waals surface area contributed by atoms with Crippen molar-refractivity contribution in [1.29, 1.82) is 0 Å². The third-order valence-electron chi connectivity index (χ3n) is 4.54. The van der Waals surface area contributed by atoms with Crippen LogP contribution in [0.3, 0.4) is 0 Å². The molecule has 29 heavy (non-hydrogen) atoms. The number of halogens is 2. The highest BCUT2D eigenvalue weighted by molar-refractivity contribution is 9.10. The second-order valence-corrected chi connectivity index (χ2v) is 7.78. The molecule has 3 aromatic rings. The summed E-state index contributed by atoms with van der Waals surface area (Å²) in [5.41, 5.74) is 5.52. The van der Waals surface area contributed by atoms with Crippen LogP contribution >= 0.6 is 15.9 Å². The number of nitrogens with one attached hydrogen (secondary N) is 1. The van der Waals surface area contributed by atoms with Crippen LogP contribution < -0.4 is 14.8 Å². The molecular formula is C24H25BrFNO2. The van der Waals surface area contributed by atoms with Gasteiger partial charge in [-0.25, -0.2) is 4.39 Å². The van der Waals surface area contributed by atoms with Crippen LogP contribution in [0.15, 0.2) is 59.1 Å². The highest BCUT2D eigenvalue weighted by Crippen LogP contribution is 2.37. The molecular weight excluding hydrogens is 433 g/mol. The Morgan fingerprint density at radius 1 is 0.931 bits per heavy atom. The Kier molecular flexibility index (Phi) is 7.15. The van der Waals surface area contributed by atoms with E-state index in [2.05, 4.69) is 53.3 Å². The molecule has 0 saturated carbocycles. The van der Waals surface area contributed by atoms with Crippen molar-refractivity contribution in [3.05, 3.63) is 87.1 Å². The van der Waals surface area contributed by atoms with Crippen LogP contribution in [-0.4, -0.2) is 6.61 Å². The van der Waals surface area contributed by atoms with Crippen LogP contribution in [0, 0.1) is 19.7 Å². The van der Waals surface area contributed by atoms with Crippen molar-refractivity contribution in [3.63, 3.8) is 0 Å². The van der Waals surface area contributed by atoms with Crippen LogP contribution in [-0.2, 0) is 13.2 Å². The molecule has 0 fully saturated rings. The van der Waals surface area contributed by atoms with Gasteiger partial charge in [0.25, 0.3) is 0 Å². The summed E-state index contributed by atoms with van der Waals surface area (Å²) < 4.78 is 25.7. The zero-order valence-electron chi connectivity index (χ0n) is 16.9. The normalized spacial score (nSPS) is 10.7. The molecule has 0 aliphatic carbocycles. The SMILES string of the molecule is CCOc1cc(CNc2cc(C)ccc2C)cc(Br)c1OCc1ccc(F)cc1. The van der Waals surface area contributed by atoms with Gasteiger partial charge in [-0.05, 0) is 89.3 Å². The minimum atomic E-state index is -0.259. The fraction of sp³-hybridized carbons (Fsp3) is 0.250. The lowest BCUT2D eigenvalue weighted by Crippen LogP contribution is -2.05. The number of ether oxygens (including phenoxy) is 2. The number of rotatable bonds is 8. The van der Waals surface area contributed by atoms with Crippen LogP contribution in [0.1, 0.15) is 29.2 Å². The number of hydrogen-bond donors (Lipinski definition) is 1. The summed E-state index contributed by atoms with van der Waals surface area (Å²) in [6.45, 7) is 7.66. The largest absolute Gasteiger partial charge is 0.490 e. The summed E-state index contributed by atoms with van der Waals surface area (Å²) in [5, 5.41) is 3.50. The summed E-state index contributed by atoms with van der Waals surface area (Å²) in [6.07, 6.45) is 0. The average Bonchev–Trinajstić information content (AvgIpc) is 2.69. The number of aryl methyl sites for hydroxylation is 2. The van der Waals surface area contributed by atoms with Crippen molar-refractivity contribution in [2.45, 2.75) is 33.9 Å². The smallest absolute Gasteiger partial charge is 0.175 e. The average molecular weight is 458 g/mol. The van der Waals surface area contributed by atoms with Gasteiger partial charge in [-0.3, -0.25) is 0 Å². The molecule has 0 spiro atoms. The number of benzene rings is 3. The van der Waals surface area contributed by atoms with Crippen molar-refractivity contribution in [2.24, 2.45) is 0 Å². The molecule has 0 aliphatic heterocycles. The van der Waals surface area contributed by atoms with E-state index in [4.69, 9.17) is 9.47 Å². The van der Waals surface area contributed by atoms with Crippen molar-refractivity contribution in [1.82, 2.24) is 0 Å². The highest BCUT2D eigenvalue weighted by atomic mass is 79.9. The molecule has 5 heteroatoms. The number of anilines is 1. The maximum Gasteiger partial charge on any atom is 0.175 e. The molecule has 3 nitrogen and oxygen atoms in total. The standard InChI is InChI=1S/C24H25BrFNO2/c1-4-28-23-13-19(14-27-22-11-16(2)5-6-17(22)3)12-21(25)24(23)29-15-18-7-9-20(26)10-8-18/h5-13,27H,4,14-15H2,1-3H3. The van der Waals surface area contributed by atoms with E-state index >= 15 is 0 Å². The van der Waals surface area contributed by atoms with Gasteiger partial charge < -0.3 is 14.8 Å². The summed E-state index contributed by atoms with van der Waals surface area (Å²) in [6, 6.07) is 16.7. The van der Waals surface area contributed by atoms with E-state index in [1.165, 1.54) is 23.3 Å². The fourth-order valence-electron chi connectivity index (χ4n) is 2.99. The molecule has 0 aromatic heterocycles. The minimum Gasteiger partial charge on any atom is -0.490 e. The minimum absolute atomic E-state index is 0.259. The van der Waals surface area contributed by atoms with E-state index in [9.17, 15) is 4.39 Å². The molecule has 0 amide bonds. The molecule has 0 radical (unpaired) electrons. The zero-order chi connectivity index (χ0) is 20.8. The second kappa shape index (κ2) is 9.79. The summed E-state index contributed by atoms with van der Waals surface area (Å²) in [4.78, 5) is 0. The van der Waals surface area contributed by atoms with Gasteiger partial charge in [0.15, 0.2) is 11.5 Å². The first-order valence-corrected chi connectivity index (χ1v) is 10.4. The topological polar surface area (TPSA) is 30.5 Å². The monoisotopic (exact) mass is 457 g/mol. The zero-order valence-corrected chi connectivity index (χ0v) is 18.5. The lowest BCUT2D eigenvalue weighted by Gasteiger charge is -2.17. The van der Waals surface area contributed by atoms with Crippen molar-refractivity contribution >= 4 is 21.6 Å². The van der Waals surface area contributed by atoms with Gasteiger partial charge >= 0.3 is 0 Å². The first kappa shape index (κ1) is 21.2. The third-order valence-corrected chi connectivity index (χ3v) is 5.13. The van der Waals surface area contributed by atoms with Gasteiger partial charge in [-0.2, -0.15) is 0 Å². The van der Waals surface area contributed by atoms with Gasteiger partial charge in [0.1, 0.15) is 12.4 Å². The molecule has 3 rings (SSSR count). The van der Waals surface area contributed by atoms with Gasteiger partial charge in [0, 0.05) is 12.2 Å². The molecule has 0 unspecified atom stereocenters. The van der Waals surface area contributed by atoms with E-state index in [0.29, 0.717) is 31.3 Å². The Bertz CT molecular complexity index is 973. The third kappa shape index (κ3) is 5.73. The van der Waals surface area contributed by atoms with Gasteiger partial charge in [0.05, 0.1) is 11.1 Å². The first-order valence-electron chi connectivity index (χ1n) is 9.60. The Labute approximate surface area is 180 Å². The summed E-state index contributed by atoms with van der Waals surface area (Å²) >= 11 is 3.61. The van der Waals surface area contributed by atoms with Crippen molar-refractivity contribution < 1.29 is 13.9 Å². The van der Waals surface area contributed by atoms with Gasteiger partial charge in [-0.15, -0.1) is 0 Å². The van der Waals surface area contributed by atoms with E-state index < -0.39 is 0 Å². The number of hydrogen-bond acceptors (Lipinski definition) is 3. The lowest BCUT2D eigenvalue weighted by molar-refractivity contribution is 0.267. The van der Waals surface area contributed by atoms with Gasteiger partial charge in [0.2, 0.25) is 0 Å². The van der Waals surface area contributed by atoms with Crippen LogP contribution in [0.2, 0.25) is 0 Å². The van der Waals surface area contributed by atoms with E-state index in [-0.39, 0.29) is 5.82 Å². The fourth-order valence-corrected chi connectivity index (χ4v) is 3.59. The molecule has 1 N–H and O–H groups in total. The van der Waals surface area contributed by atoms with Crippen molar-refractivity contribution in [3.8, 4) is 11.5 Å². The summed E-state index contributed by atoms with van der Waals surface area (Å²) in [7, 11) is 0. The Morgan fingerprint density at radius 2 is 1.69 bits per heavy atom. The Hall–Kier alpha value is -2.53. The summed E-state index contributed by atoms with van der Waals surface area (Å²) in [5.74, 6) is 1.07. The molecule has 0 atom stereocenters. The van der Waals surface area contributed by atoms with Crippen LogP contribution in [0.5, 0.6) is 11.5 Å². The first-order chi connectivity index (χ1) is 14.0. The Morgan fingerprint density at radius 3 is 2.41 bits per heavy atom. The maximum absolute atomic E-state index is 13.1. The van der Waals surface area contributed by atoms with Crippen LogP contribution in [0.25, 0.3) is 0 Å². The Balaban J connectivity index is 1.76. The van der Waals surface area contributed by atoms with Crippen molar-refractivity contribution in [2.75, 3.05) is 11.9 Å². The van der Waals surface area contributed by atoms with E-state index in [0.717, 1.165) is 21.3 Å². The predicted molar refractivity (Wildman–Crippen MR) is 119 cm³/mol. The molecule has 152 valence electrons. The molecule has 0 heterocycles. The van der Waals surface area contributed by atoms with Crippen LogP contribution in [0.4, 0.5) is 10.1 Å². The maximum atomic E-state index is 13.1. The molecule has 0 saturated heterocycles. The highest BCUT2D eigenvalue weighted by Gasteiger charge is 2.13.